The van der Waals surface area contributed by atoms with Crippen molar-refractivity contribution in [2.75, 3.05) is 6.54 Å². The Morgan fingerprint density at radius 1 is 0.960 bits per heavy atom. The lowest BCUT2D eigenvalue weighted by Gasteiger charge is -2.26. The van der Waals surface area contributed by atoms with Crippen molar-refractivity contribution in [2.45, 2.75) is 18.9 Å². The average molecular weight is 340 g/mol. The number of aliphatic carboxylic acids is 1. The van der Waals surface area contributed by atoms with Crippen molar-refractivity contribution in [1.29, 1.82) is 0 Å². The molecule has 0 unspecified atom stereocenters. The fraction of sp³-hybridized carbons (Fsp3) is 0.211. The number of hydrogen-bond acceptors (Lipinski definition) is 3. The highest BCUT2D eigenvalue weighted by molar-refractivity contribution is 5.97. The van der Waals surface area contributed by atoms with Crippen LogP contribution in [-0.2, 0) is 16.0 Å². The third-order valence-corrected chi connectivity index (χ3v) is 3.73. The summed E-state index contributed by atoms with van der Waals surface area (Å²) in [5.41, 5.74) is -0.239. The van der Waals surface area contributed by atoms with Crippen molar-refractivity contribution in [3.05, 3.63) is 71.8 Å². The summed E-state index contributed by atoms with van der Waals surface area (Å²) in [5, 5.41) is 14.5. The molecule has 0 bridgehead atoms. The van der Waals surface area contributed by atoms with Gasteiger partial charge in [0.05, 0.1) is 6.54 Å². The maximum atomic E-state index is 12.1. The van der Waals surface area contributed by atoms with Crippen LogP contribution >= 0.6 is 0 Å². The zero-order valence-electron chi connectivity index (χ0n) is 13.9. The molecule has 2 rings (SSSR count). The molecule has 0 aromatic heterocycles. The number of hydrogen-bond donors (Lipinski definition) is 3. The largest absolute Gasteiger partial charge is 0.480 e. The van der Waals surface area contributed by atoms with Crippen LogP contribution in [0.25, 0.3) is 0 Å². The molecule has 0 aliphatic carbocycles. The lowest BCUT2D eigenvalue weighted by Crippen LogP contribution is -2.55. The van der Waals surface area contributed by atoms with E-state index in [9.17, 15) is 19.5 Å². The van der Waals surface area contributed by atoms with Crippen LogP contribution in [-0.4, -0.2) is 35.0 Å². The Balaban J connectivity index is 1.96. The number of nitrogens with one attached hydrogen (secondary N) is 2. The molecule has 2 aromatic rings. The van der Waals surface area contributed by atoms with Gasteiger partial charge in [-0.3, -0.25) is 9.59 Å². The van der Waals surface area contributed by atoms with E-state index in [2.05, 4.69) is 10.6 Å². The fourth-order valence-corrected chi connectivity index (χ4v) is 2.38. The van der Waals surface area contributed by atoms with Crippen LogP contribution in [0.4, 0.5) is 0 Å². The Bertz CT molecular complexity index is 747. The second-order valence-corrected chi connectivity index (χ2v) is 5.90. The molecule has 0 saturated carbocycles. The lowest BCUT2D eigenvalue weighted by molar-refractivity contribution is -0.146. The summed E-state index contributed by atoms with van der Waals surface area (Å²) in [6.45, 7) is 1.14. The van der Waals surface area contributed by atoms with Crippen LogP contribution < -0.4 is 10.6 Å². The van der Waals surface area contributed by atoms with Gasteiger partial charge < -0.3 is 15.7 Å². The molecule has 1 atom stereocenters. The minimum atomic E-state index is -1.46. The SMILES string of the molecule is C[C@@](Cc1ccccc1)(NC(=O)CNC(=O)c1ccccc1)C(=O)O. The van der Waals surface area contributed by atoms with Crippen LogP contribution in [0, 0.1) is 0 Å². The molecule has 2 amide bonds. The Kier molecular flexibility index (Phi) is 5.89. The lowest BCUT2D eigenvalue weighted by atomic mass is 9.93. The van der Waals surface area contributed by atoms with Crippen LogP contribution in [0.3, 0.4) is 0 Å². The van der Waals surface area contributed by atoms with Gasteiger partial charge in [-0.2, -0.15) is 0 Å². The van der Waals surface area contributed by atoms with E-state index < -0.39 is 23.3 Å². The van der Waals surface area contributed by atoms with Gasteiger partial charge in [0.15, 0.2) is 0 Å². The zero-order chi connectivity index (χ0) is 18.3. The second-order valence-electron chi connectivity index (χ2n) is 5.90. The van der Waals surface area contributed by atoms with Gasteiger partial charge in [-0.05, 0) is 24.6 Å². The molecule has 6 heteroatoms. The highest BCUT2D eigenvalue weighted by atomic mass is 16.4. The number of carboxylic acid groups (broad SMARTS) is 1. The van der Waals surface area contributed by atoms with E-state index in [-0.39, 0.29) is 13.0 Å². The summed E-state index contributed by atoms with van der Waals surface area (Å²) in [5.74, 6) is -2.10. The monoisotopic (exact) mass is 340 g/mol. The predicted octanol–water partition coefficient (Wildman–Crippen LogP) is 1.62. The first kappa shape index (κ1) is 18.2. The van der Waals surface area contributed by atoms with Gasteiger partial charge >= 0.3 is 5.97 Å². The van der Waals surface area contributed by atoms with Crippen LogP contribution in [0.15, 0.2) is 60.7 Å². The fourth-order valence-electron chi connectivity index (χ4n) is 2.38. The van der Waals surface area contributed by atoms with Crippen molar-refractivity contribution >= 4 is 17.8 Å². The van der Waals surface area contributed by atoms with E-state index in [0.29, 0.717) is 5.56 Å². The van der Waals surface area contributed by atoms with Crippen molar-refractivity contribution in [2.24, 2.45) is 0 Å². The van der Waals surface area contributed by atoms with Crippen molar-refractivity contribution < 1.29 is 19.5 Å². The Morgan fingerprint density at radius 2 is 1.52 bits per heavy atom. The average Bonchev–Trinajstić information content (AvgIpc) is 2.61. The van der Waals surface area contributed by atoms with Gasteiger partial charge in [0.1, 0.15) is 5.54 Å². The maximum absolute atomic E-state index is 12.1. The number of amides is 2. The molecular weight excluding hydrogens is 320 g/mol. The number of carboxylic acids is 1. The minimum absolute atomic E-state index is 0.140. The van der Waals surface area contributed by atoms with E-state index in [1.165, 1.54) is 6.92 Å². The summed E-state index contributed by atoms with van der Waals surface area (Å²) in [7, 11) is 0. The number of benzene rings is 2. The van der Waals surface area contributed by atoms with E-state index >= 15 is 0 Å². The van der Waals surface area contributed by atoms with E-state index in [1.807, 2.05) is 6.07 Å². The van der Waals surface area contributed by atoms with Crippen LogP contribution in [0.5, 0.6) is 0 Å². The molecule has 0 aliphatic heterocycles. The third kappa shape index (κ3) is 5.17. The summed E-state index contributed by atoms with van der Waals surface area (Å²) >= 11 is 0. The van der Waals surface area contributed by atoms with Crippen molar-refractivity contribution in [3.8, 4) is 0 Å². The first-order valence-corrected chi connectivity index (χ1v) is 7.82. The molecule has 2 aromatic carbocycles. The van der Waals surface area contributed by atoms with E-state index in [4.69, 9.17) is 0 Å². The first-order valence-electron chi connectivity index (χ1n) is 7.82. The maximum Gasteiger partial charge on any atom is 0.329 e. The Hall–Kier alpha value is -3.15. The van der Waals surface area contributed by atoms with Gasteiger partial charge in [-0.15, -0.1) is 0 Å². The standard InChI is InChI=1S/C19H20N2O4/c1-19(18(24)25,12-14-8-4-2-5-9-14)21-16(22)13-20-17(23)15-10-6-3-7-11-15/h2-11H,12-13H2,1H3,(H,20,23)(H,21,22)(H,24,25)/t19-/m0/s1. The van der Waals surface area contributed by atoms with E-state index in [1.54, 1.807) is 54.6 Å². The van der Waals surface area contributed by atoms with Crippen molar-refractivity contribution in [1.82, 2.24) is 10.6 Å². The topological polar surface area (TPSA) is 95.5 Å². The van der Waals surface area contributed by atoms with Gasteiger partial charge in [-0.25, -0.2) is 4.79 Å². The smallest absolute Gasteiger partial charge is 0.329 e. The Morgan fingerprint density at radius 3 is 2.08 bits per heavy atom. The first-order chi connectivity index (χ1) is 11.9. The predicted molar refractivity (Wildman–Crippen MR) is 93.1 cm³/mol. The minimum Gasteiger partial charge on any atom is -0.480 e. The highest BCUT2D eigenvalue weighted by Crippen LogP contribution is 2.13. The number of carbonyl (C=O) groups is 3. The quantitative estimate of drug-likeness (QED) is 0.714. The number of carbonyl (C=O) groups excluding carboxylic acids is 2. The van der Waals surface area contributed by atoms with E-state index in [0.717, 1.165) is 5.56 Å². The summed E-state index contributed by atoms with van der Waals surface area (Å²) in [6.07, 6.45) is 0.140. The molecule has 0 saturated heterocycles. The van der Waals surface area contributed by atoms with Crippen molar-refractivity contribution in [3.63, 3.8) is 0 Å². The normalized spacial score (nSPS) is 12.7. The summed E-state index contributed by atoms with van der Waals surface area (Å²) < 4.78 is 0. The Labute approximate surface area is 145 Å². The molecule has 6 nitrogen and oxygen atoms in total. The summed E-state index contributed by atoms with van der Waals surface area (Å²) in [4.78, 5) is 35.7. The van der Waals surface area contributed by atoms with Gasteiger partial charge in [0, 0.05) is 12.0 Å². The van der Waals surface area contributed by atoms with Gasteiger partial charge in [0.2, 0.25) is 5.91 Å². The van der Waals surface area contributed by atoms with Crippen LogP contribution in [0.1, 0.15) is 22.8 Å². The van der Waals surface area contributed by atoms with Gasteiger partial charge in [0.25, 0.3) is 5.91 Å². The number of rotatable bonds is 7. The molecule has 0 aliphatic rings. The summed E-state index contributed by atoms with van der Waals surface area (Å²) in [6, 6.07) is 17.5. The molecule has 130 valence electrons. The zero-order valence-corrected chi connectivity index (χ0v) is 13.9. The molecule has 25 heavy (non-hydrogen) atoms. The molecule has 0 radical (unpaired) electrons. The molecule has 0 heterocycles. The van der Waals surface area contributed by atoms with Crippen LogP contribution in [0.2, 0.25) is 0 Å². The molecule has 0 spiro atoms. The molecule has 3 N–H and O–H groups in total. The second kappa shape index (κ2) is 8.10. The third-order valence-electron chi connectivity index (χ3n) is 3.73. The van der Waals surface area contributed by atoms with Gasteiger partial charge in [-0.1, -0.05) is 48.5 Å². The molecule has 0 fully saturated rings. The molecular formula is C19H20N2O4. The highest BCUT2D eigenvalue weighted by Gasteiger charge is 2.35.